The van der Waals surface area contributed by atoms with Crippen molar-refractivity contribution >= 4 is 11.6 Å². The summed E-state index contributed by atoms with van der Waals surface area (Å²) in [6.45, 7) is 1.49. The number of fused-ring (bicyclic) bond motifs is 1. The first-order valence-electron chi connectivity index (χ1n) is 5.72. The molecular formula is C12H18N4O. The molecule has 0 atom stereocenters. The Morgan fingerprint density at radius 1 is 1.47 bits per heavy atom. The average Bonchev–Trinajstić information content (AvgIpc) is 2.29. The Hall–Kier alpha value is -1.43. The molecule has 0 fully saturated rings. The maximum Gasteiger partial charge on any atom is 0.224 e. The minimum atomic E-state index is 0.106. The lowest BCUT2D eigenvalue weighted by molar-refractivity contribution is -0.116. The van der Waals surface area contributed by atoms with Gasteiger partial charge in [-0.25, -0.2) is 5.43 Å². The maximum absolute atomic E-state index is 11.2. The highest BCUT2D eigenvalue weighted by Crippen LogP contribution is 2.23. The lowest BCUT2D eigenvalue weighted by Crippen LogP contribution is -2.35. The van der Waals surface area contributed by atoms with Crippen LogP contribution in [0.25, 0.3) is 0 Å². The van der Waals surface area contributed by atoms with E-state index in [9.17, 15) is 4.79 Å². The highest BCUT2D eigenvalue weighted by atomic mass is 16.1. The number of carbonyl (C=O) groups is 1. The number of hydrogen-bond donors (Lipinski definition) is 3. The van der Waals surface area contributed by atoms with Crippen LogP contribution in [0.4, 0.5) is 5.69 Å². The maximum atomic E-state index is 11.2. The van der Waals surface area contributed by atoms with E-state index in [0.717, 1.165) is 18.7 Å². The van der Waals surface area contributed by atoms with Crippen LogP contribution in [0, 0.1) is 0 Å². The zero-order chi connectivity index (χ0) is 12.3. The van der Waals surface area contributed by atoms with Crippen LogP contribution in [0.2, 0.25) is 0 Å². The molecule has 1 aromatic carbocycles. The van der Waals surface area contributed by atoms with Crippen LogP contribution in [-0.4, -0.2) is 24.5 Å². The van der Waals surface area contributed by atoms with Crippen LogP contribution in [0.3, 0.4) is 0 Å². The van der Waals surface area contributed by atoms with E-state index in [0.29, 0.717) is 13.1 Å². The Bertz CT molecular complexity index is 419. The van der Waals surface area contributed by atoms with E-state index in [1.54, 1.807) is 0 Å². The summed E-state index contributed by atoms with van der Waals surface area (Å²) in [5, 5.41) is 2.88. The summed E-state index contributed by atoms with van der Waals surface area (Å²) in [5.74, 6) is 5.38. The molecule has 0 radical (unpaired) electrons. The SMILES string of the molecule is CN(CNN)Cc1ccc2c(c1)CCC(=O)N2. The molecule has 0 aromatic heterocycles. The summed E-state index contributed by atoms with van der Waals surface area (Å²) in [5.41, 5.74) is 6.03. The van der Waals surface area contributed by atoms with E-state index < -0.39 is 0 Å². The molecule has 0 spiro atoms. The van der Waals surface area contributed by atoms with Gasteiger partial charge in [-0.3, -0.25) is 15.5 Å². The van der Waals surface area contributed by atoms with Crippen molar-refractivity contribution in [2.75, 3.05) is 19.0 Å². The normalized spacial score (nSPS) is 14.6. The molecule has 0 unspecified atom stereocenters. The summed E-state index contributed by atoms with van der Waals surface area (Å²) in [6.07, 6.45) is 1.41. The number of anilines is 1. The Balaban J connectivity index is 2.08. The molecule has 0 saturated carbocycles. The van der Waals surface area contributed by atoms with E-state index in [4.69, 9.17) is 5.84 Å². The first kappa shape index (κ1) is 12.0. The summed E-state index contributed by atoms with van der Waals surface area (Å²) >= 11 is 0. The van der Waals surface area contributed by atoms with Crippen molar-refractivity contribution in [3.05, 3.63) is 29.3 Å². The molecule has 1 amide bonds. The molecule has 1 heterocycles. The number of aryl methyl sites for hydroxylation is 1. The van der Waals surface area contributed by atoms with Crippen molar-refractivity contribution in [1.82, 2.24) is 10.3 Å². The molecule has 2 rings (SSSR count). The molecule has 92 valence electrons. The number of rotatable bonds is 4. The van der Waals surface area contributed by atoms with E-state index in [-0.39, 0.29) is 5.91 Å². The third-order valence-electron chi connectivity index (χ3n) is 2.88. The molecule has 0 bridgehead atoms. The lowest BCUT2D eigenvalue weighted by Gasteiger charge is -2.20. The molecule has 1 aliphatic heterocycles. The standard InChI is InChI=1S/C12H18N4O/c1-16(8-14-13)7-9-2-4-11-10(6-9)3-5-12(17)15-11/h2,4,6,14H,3,5,7-8,13H2,1H3,(H,15,17). The number of hydrogen-bond acceptors (Lipinski definition) is 4. The quantitative estimate of drug-likeness (QED) is 0.401. The average molecular weight is 234 g/mol. The minimum absolute atomic E-state index is 0.106. The van der Waals surface area contributed by atoms with Crippen LogP contribution < -0.4 is 16.6 Å². The Labute approximate surface area is 101 Å². The van der Waals surface area contributed by atoms with Gasteiger partial charge in [0, 0.05) is 18.7 Å². The van der Waals surface area contributed by atoms with E-state index >= 15 is 0 Å². The molecular weight excluding hydrogens is 216 g/mol. The Kier molecular flexibility index (Phi) is 3.73. The summed E-state index contributed by atoms with van der Waals surface area (Å²) in [4.78, 5) is 13.3. The van der Waals surface area contributed by atoms with Gasteiger partial charge >= 0.3 is 0 Å². The van der Waals surface area contributed by atoms with Gasteiger partial charge in [-0.1, -0.05) is 12.1 Å². The molecule has 5 heteroatoms. The largest absolute Gasteiger partial charge is 0.326 e. The van der Waals surface area contributed by atoms with Crippen LogP contribution in [-0.2, 0) is 17.8 Å². The van der Waals surface area contributed by atoms with Crippen molar-refractivity contribution in [3.8, 4) is 0 Å². The van der Waals surface area contributed by atoms with Crippen LogP contribution in [0.15, 0.2) is 18.2 Å². The lowest BCUT2D eigenvalue weighted by atomic mass is 10.0. The number of benzene rings is 1. The molecule has 0 aliphatic carbocycles. The van der Waals surface area contributed by atoms with Crippen molar-refractivity contribution in [2.24, 2.45) is 5.84 Å². The van der Waals surface area contributed by atoms with Gasteiger partial charge < -0.3 is 5.32 Å². The van der Waals surface area contributed by atoms with Crippen LogP contribution >= 0.6 is 0 Å². The molecule has 0 saturated heterocycles. The van der Waals surface area contributed by atoms with Crippen molar-refractivity contribution in [3.63, 3.8) is 0 Å². The second-order valence-corrected chi connectivity index (χ2v) is 4.42. The highest BCUT2D eigenvalue weighted by Gasteiger charge is 2.14. The monoisotopic (exact) mass is 234 g/mol. The summed E-state index contributed by atoms with van der Waals surface area (Å²) < 4.78 is 0. The van der Waals surface area contributed by atoms with Gasteiger partial charge in [0.1, 0.15) is 0 Å². The third-order valence-corrected chi connectivity index (χ3v) is 2.88. The third kappa shape index (κ3) is 3.03. The number of carbonyl (C=O) groups excluding carboxylic acids is 1. The predicted octanol–water partition coefficient (Wildman–Crippen LogP) is 0.424. The van der Waals surface area contributed by atoms with E-state index in [1.165, 1.54) is 11.1 Å². The fraction of sp³-hybridized carbons (Fsp3) is 0.417. The smallest absolute Gasteiger partial charge is 0.224 e. The molecule has 17 heavy (non-hydrogen) atoms. The fourth-order valence-electron chi connectivity index (χ4n) is 2.06. The number of hydrazine groups is 1. The van der Waals surface area contributed by atoms with E-state index in [2.05, 4.69) is 21.7 Å². The number of nitrogens with two attached hydrogens (primary N) is 1. The van der Waals surface area contributed by atoms with Gasteiger partial charge in [0.15, 0.2) is 0 Å². The van der Waals surface area contributed by atoms with Gasteiger partial charge in [-0.15, -0.1) is 0 Å². The van der Waals surface area contributed by atoms with Gasteiger partial charge in [-0.05, 0) is 30.7 Å². The number of amides is 1. The van der Waals surface area contributed by atoms with Crippen LogP contribution in [0.1, 0.15) is 17.5 Å². The molecule has 4 N–H and O–H groups in total. The topological polar surface area (TPSA) is 70.4 Å². The predicted molar refractivity (Wildman–Crippen MR) is 67.0 cm³/mol. The number of nitrogens with one attached hydrogen (secondary N) is 2. The minimum Gasteiger partial charge on any atom is -0.326 e. The summed E-state index contributed by atoms with van der Waals surface area (Å²) in [7, 11) is 2.00. The highest BCUT2D eigenvalue weighted by molar-refractivity contribution is 5.93. The van der Waals surface area contributed by atoms with Crippen molar-refractivity contribution < 1.29 is 4.79 Å². The molecule has 1 aliphatic rings. The second-order valence-electron chi connectivity index (χ2n) is 4.42. The second kappa shape index (κ2) is 5.27. The van der Waals surface area contributed by atoms with Gasteiger partial charge in [0.05, 0.1) is 6.67 Å². The van der Waals surface area contributed by atoms with E-state index in [1.807, 2.05) is 19.2 Å². The molecule has 5 nitrogen and oxygen atoms in total. The summed E-state index contributed by atoms with van der Waals surface area (Å²) in [6, 6.07) is 6.17. The Morgan fingerprint density at radius 3 is 3.06 bits per heavy atom. The first-order chi connectivity index (χ1) is 8.19. The van der Waals surface area contributed by atoms with Crippen molar-refractivity contribution in [1.29, 1.82) is 0 Å². The Morgan fingerprint density at radius 2 is 2.29 bits per heavy atom. The molecule has 1 aromatic rings. The zero-order valence-electron chi connectivity index (χ0n) is 9.99. The van der Waals surface area contributed by atoms with Crippen LogP contribution in [0.5, 0.6) is 0 Å². The van der Waals surface area contributed by atoms with Gasteiger partial charge in [0.25, 0.3) is 0 Å². The van der Waals surface area contributed by atoms with Gasteiger partial charge in [-0.2, -0.15) is 0 Å². The van der Waals surface area contributed by atoms with Gasteiger partial charge in [0.2, 0.25) is 5.91 Å². The fourth-order valence-corrected chi connectivity index (χ4v) is 2.06. The first-order valence-corrected chi connectivity index (χ1v) is 5.72. The zero-order valence-corrected chi connectivity index (χ0v) is 9.99. The van der Waals surface area contributed by atoms with Crippen molar-refractivity contribution in [2.45, 2.75) is 19.4 Å². The number of nitrogens with zero attached hydrogens (tertiary/aromatic N) is 1.